The third kappa shape index (κ3) is 5.71. The Hall–Kier alpha value is -0.900. The molecule has 1 amide bonds. The van der Waals surface area contributed by atoms with E-state index in [-0.39, 0.29) is 42.0 Å². The van der Waals surface area contributed by atoms with E-state index in [1.165, 1.54) is 23.1 Å². The van der Waals surface area contributed by atoms with Crippen molar-refractivity contribution in [3.05, 3.63) is 0 Å². The van der Waals surface area contributed by atoms with Crippen LogP contribution in [0, 0.1) is 5.92 Å². The zero-order valence-electron chi connectivity index (χ0n) is 12.1. The molecule has 1 heterocycles. The number of carbonyl (C=O) groups is 2. The lowest BCUT2D eigenvalue weighted by atomic mass is 10.1. The standard InChI is InChI=1S/C12H18N4O3S2.ClH/c1-2-19-9(17)6-20-12-16-15-11(21-12)14-10(18)7-3-4-8(13)5-7;/h7-8H,2-6,13H2,1H3,(H,14,15,18);1H. The first kappa shape index (κ1) is 19.1. The van der Waals surface area contributed by atoms with Crippen molar-refractivity contribution in [3.63, 3.8) is 0 Å². The summed E-state index contributed by atoms with van der Waals surface area (Å²) in [7, 11) is 0. The highest BCUT2D eigenvalue weighted by molar-refractivity contribution is 8.01. The number of carbonyl (C=O) groups excluding carboxylic acids is 2. The summed E-state index contributed by atoms with van der Waals surface area (Å²) in [5.74, 6) is -0.197. The number of nitrogens with two attached hydrogens (primary N) is 1. The fraction of sp³-hybridized carbons (Fsp3) is 0.667. The van der Waals surface area contributed by atoms with Gasteiger partial charge in [0.25, 0.3) is 0 Å². The molecule has 1 saturated carbocycles. The van der Waals surface area contributed by atoms with E-state index in [2.05, 4.69) is 15.5 Å². The molecular weight excluding hydrogens is 348 g/mol. The largest absolute Gasteiger partial charge is 0.465 e. The van der Waals surface area contributed by atoms with E-state index in [1.807, 2.05) is 0 Å². The zero-order valence-corrected chi connectivity index (χ0v) is 14.6. The van der Waals surface area contributed by atoms with E-state index in [0.29, 0.717) is 16.1 Å². The molecule has 0 radical (unpaired) electrons. The molecule has 1 aliphatic carbocycles. The molecule has 2 rings (SSSR count). The SMILES string of the molecule is CCOC(=O)CSc1nnc(NC(=O)C2CCC(N)C2)s1.Cl. The summed E-state index contributed by atoms with van der Waals surface area (Å²) in [6.45, 7) is 2.12. The lowest BCUT2D eigenvalue weighted by Gasteiger charge is -2.07. The van der Waals surface area contributed by atoms with Crippen LogP contribution in [0.3, 0.4) is 0 Å². The highest BCUT2D eigenvalue weighted by Crippen LogP contribution is 2.28. The number of thioether (sulfide) groups is 1. The van der Waals surface area contributed by atoms with Crippen LogP contribution >= 0.6 is 35.5 Å². The maximum Gasteiger partial charge on any atom is 0.316 e. The molecule has 7 nitrogen and oxygen atoms in total. The molecule has 1 fully saturated rings. The first-order valence-corrected chi connectivity index (χ1v) is 8.57. The molecule has 1 aromatic heterocycles. The van der Waals surface area contributed by atoms with Crippen molar-refractivity contribution >= 4 is 52.5 Å². The van der Waals surface area contributed by atoms with Gasteiger partial charge in [0.1, 0.15) is 0 Å². The van der Waals surface area contributed by atoms with Crippen LogP contribution in [0.5, 0.6) is 0 Å². The first-order valence-electron chi connectivity index (χ1n) is 6.76. The number of nitrogens with zero attached hydrogens (tertiary/aromatic N) is 2. The van der Waals surface area contributed by atoms with Crippen molar-refractivity contribution < 1.29 is 14.3 Å². The Kier molecular flexibility index (Phi) is 8.08. The summed E-state index contributed by atoms with van der Waals surface area (Å²) in [6.07, 6.45) is 2.42. The van der Waals surface area contributed by atoms with Crippen LogP contribution in [0.2, 0.25) is 0 Å². The lowest BCUT2D eigenvalue weighted by molar-refractivity contribution is -0.139. The van der Waals surface area contributed by atoms with Crippen LogP contribution in [0.25, 0.3) is 0 Å². The van der Waals surface area contributed by atoms with Gasteiger partial charge in [0, 0.05) is 12.0 Å². The van der Waals surface area contributed by atoms with E-state index in [0.717, 1.165) is 19.3 Å². The maximum atomic E-state index is 12.0. The van der Waals surface area contributed by atoms with Gasteiger partial charge in [0.15, 0.2) is 4.34 Å². The van der Waals surface area contributed by atoms with Crippen molar-refractivity contribution in [2.75, 3.05) is 17.7 Å². The van der Waals surface area contributed by atoms with Crippen LogP contribution in [0.15, 0.2) is 4.34 Å². The normalized spacial score (nSPS) is 20.3. The second-order valence-electron chi connectivity index (χ2n) is 4.73. The van der Waals surface area contributed by atoms with Gasteiger partial charge in [-0.1, -0.05) is 23.1 Å². The van der Waals surface area contributed by atoms with E-state index in [1.54, 1.807) is 6.92 Å². The minimum atomic E-state index is -0.289. The summed E-state index contributed by atoms with van der Waals surface area (Å²) >= 11 is 2.50. The van der Waals surface area contributed by atoms with E-state index in [4.69, 9.17) is 10.5 Å². The highest BCUT2D eigenvalue weighted by Gasteiger charge is 2.28. The molecule has 10 heteroatoms. The number of nitrogens with one attached hydrogen (secondary N) is 1. The lowest BCUT2D eigenvalue weighted by Crippen LogP contribution is -2.23. The molecule has 22 heavy (non-hydrogen) atoms. The number of rotatable bonds is 6. The summed E-state index contributed by atoms with van der Waals surface area (Å²) in [5.41, 5.74) is 5.80. The smallest absolute Gasteiger partial charge is 0.316 e. The molecule has 2 atom stereocenters. The fourth-order valence-corrected chi connectivity index (χ4v) is 3.66. The summed E-state index contributed by atoms with van der Waals surface area (Å²) in [4.78, 5) is 23.2. The Bertz CT molecular complexity index is 514. The first-order chi connectivity index (χ1) is 10.1. The van der Waals surface area contributed by atoms with E-state index in [9.17, 15) is 9.59 Å². The Labute approximate surface area is 143 Å². The number of halogens is 1. The number of ether oxygens (including phenoxy) is 1. The molecular formula is C12H19ClN4O3S2. The van der Waals surface area contributed by atoms with Gasteiger partial charge in [-0.3, -0.25) is 9.59 Å². The summed E-state index contributed by atoms with van der Waals surface area (Å²) in [6, 6.07) is 0.117. The van der Waals surface area contributed by atoms with Gasteiger partial charge in [-0.15, -0.1) is 22.6 Å². The second kappa shape index (κ2) is 9.29. The molecule has 3 N–H and O–H groups in total. The number of hydrogen-bond acceptors (Lipinski definition) is 8. The number of aromatic nitrogens is 2. The number of hydrogen-bond donors (Lipinski definition) is 2. The molecule has 0 aromatic carbocycles. The van der Waals surface area contributed by atoms with Crippen molar-refractivity contribution in [2.45, 2.75) is 36.6 Å². The van der Waals surface area contributed by atoms with Gasteiger partial charge < -0.3 is 15.8 Å². The Morgan fingerprint density at radius 3 is 2.86 bits per heavy atom. The molecule has 0 aliphatic heterocycles. The van der Waals surface area contributed by atoms with Crippen LogP contribution in [0.4, 0.5) is 5.13 Å². The van der Waals surface area contributed by atoms with E-state index >= 15 is 0 Å². The minimum Gasteiger partial charge on any atom is -0.465 e. The maximum absolute atomic E-state index is 12.0. The molecule has 1 aliphatic rings. The fourth-order valence-electron chi connectivity index (χ4n) is 2.10. The van der Waals surface area contributed by atoms with Gasteiger partial charge in [-0.25, -0.2) is 0 Å². The van der Waals surface area contributed by atoms with Crippen molar-refractivity contribution in [1.29, 1.82) is 0 Å². The Morgan fingerprint density at radius 1 is 1.45 bits per heavy atom. The van der Waals surface area contributed by atoms with Crippen LogP contribution in [-0.4, -0.2) is 40.5 Å². The Morgan fingerprint density at radius 2 is 2.23 bits per heavy atom. The zero-order chi connectivity index (χ0) is 15.2. The van der Waals surface area contributed by atoms with Crippen molar-refractivity contribution in [2.24, 2.45) is 11.7 Å². The van der Waals surface area contributed by atoms with E-state index < -0.39 is 0 Å². The highest BCUT2D eigenvalue weighted by atomic mass is 35.5. The van der Waals surface area contributed by atoms with Gasteiger partial charge in [0.05, 0.1) is 12.4 Å². The van der Waals surface area contributed by atoms with Gasteiger partial charge in [-0.2, -0.15) is 0 Å². The molecule has 124 valence electrons. The molecule has 1 aromatic rings. The second-order valence-corrected chi connectivity index (χ2v) is 6.93. The Balaban J connectivity index is 0.00000242. The quantitative estimate of drug-likeness (QED) is 0.448. The third-order valence-corrected chi connectivity index (χ3v) is 5.04. The number of anilines is 1. The molecule has 2 unspecified atom stereocenters. The minimum absolute atomic E-state index is 0. The monoisotopic (exact) mass is 366 g/mol. The van der Waals surface area contributed by atoms with Gasteiger partial charge in [-0.05, 0) is 26.2 Å². The third-order valence-electron chi connectivity index (χ3n) is 3.10. The van der Waals surface area contributed by atoms with Crippen LogP contribution < -0.4 is 11.1 Å². The van der Waals surface area contributed by atoms with Crippen LogP contribution in [0.1, 0.15) is 26.2 Å². The molecule has 0 spiro atoms. The van der Waals surface area contributed by atoms with Crippen molar-refractivity contribution in [3.8, 4) is 0 Å². The number of amides is 1. The predicted molar refractivity (Wildman–Crippen MR) is 88.5 cm³/mol. The molecule has 0 saturated heterocycles. The van der Waals surface area contributed by atoms with Crippen molar-refractivity contribution in [1.82, 2.24) is 10.2 Å². The average molecular weight is 367 g/mol. The average Bonchev–Trinajstić information content (AvgIpc) is 3.06. The van der Waals surface area contributed by atoms with Gasteiger partial charge in [0.2, 0.25) is 11.0 Å². The molecule has 0 bridgehead atoms. The summed E-state index contributed by atoms with van der Waals surface area (Å²) in [5, 5.41) is 11.0. The summed E-state index contributed by atoms with van der Waals surface area (Å²) < 4.78 is 5.45. The van der Waals surface area contributed by atoms with Gasteiger partial charge >= 0.3 is 5.97 Å². The van der Waals surface area contributed by atoms with Crippen LogP contribution in [-0.2, 0) is 14.3 Å². The predicted octanol–water partition coefficient (Wildman–Crippen LogP) is 1.68. The number of esters is 1. The topological polar surface area (TPSA) is 107 Å².